The second kappa shape index (κ2) is 9.85. The van der Waals surface area contributed by atoms with Crippen molar-refractivity contribution in [1.82, 2.24) is 9.80 Å². The molecule has 1 saturated heterocycles. The van der Waals surface area contributed by atoms with Crippen molar-refractivity contribution in [3.63, 3.8) is 0 Å². The fraction of sp³-hybridized carbons (Fsp3) is 0.923. The number of likely N-dealkylation sites (N-methyl/N-ethyl adjacent to an activating group) is 1. The molecular weight excluding hydrogens is 245 g/mol. The van der Waals surface area contributed by atoms with Crippen LogP contribution < -0.4 is 5.73 Å². The van der Waals surface area contributed by atoms with Crippen molar-refractivity contribution in [2.45, 2.75) is 38.6 Å². The number of carbonyl (C=O) groups excluding carboxylic acids is 1. The molecule has 0 aromatic carbocycles. The lowest BCUT2D eigenvalue weighted by Gasteiger charge is -2.32. The molecule has 2 N–H and O–H groups in total. The molecule has 1 rings (SSSR count). The van der Waals surface area contributed by atoms with Crippen LogP contribution in [0, 0.1) is 0 Å². The van der Waals surface area contributed by atoms with Gasteiger partial charge in [-0.1, -0.05) is 13.3 Å². The predicted molar refractivity (Wildman–Crippen MR) is 84.3 cm³/mol. The monoisotopic (exact) mass is 277 g/mol. The van der Waals surface area contributed by atoms with E-state index in [0.717, 1.165) is 25.8 Å². The standard InChI is InChI=1S/C13H27N3O.H3P.H2/c1-3-13(17)12(14)6-4-5-7-16-10-8-15(2)9-11-16;;/h12H,3-11,14H2,1-2H3;1H3;1H/t12-;;/m0../s1. The first-order chi connectivity index (χ1) is 8.13. The lowest BCUT2D eigenvalue weighted by Crippen LogP contribution is -2.44. The molecule has 18 heavy (non-hydrogen) atoms. The lowest BCUT2D eigenvalue weighted by atomic mass is 10.0. The quantitative estimate of drug-likeness (QED) is 0.557. The van der Waals surface area contributed by atoms with Gasteiger partial charge in [0.1, 0.15) is 5.78 Å². The number of hydrogen-bond acceptors (Lipinski definition) is 4. The minimum absolute atomic E-state index is 0. The molecule has 1 unspecified atom stereocenters. The third-order valence-electron chi connectivity index (χ3n) is 3.60. The Labute approximate surface area is 116 Å². The summed E-state index contributed by atoms with van der Waals surface area (Å²) in [7, 11) is 2.17. The lowest BCUT2D eigenvalue weighted by molar-refractivity contribution is -0.120. The molecule has 1 fully saturated rings. The summed E-state index contributed by atoms with van der Waals surface area (Å²) in [6.45, 7) is 7.74. The van der Waals surface area contributed by atoms with Gasteiger partial charge in [-0.3, -0.25) is 4.79 Å². The smallest absolute Gasteiger partial charge is 0.149 e. The third-order valence-corrected chi connectivity index (χ3v) is 3.60. The van der Waals surface area contributed by atoms with Gasteiger partial charge in [0.15, 0.2) is 0 Å². The van der Waals surface area contributed by atoms with Gasteiger partial charge in [0.2, 0.25) is 0 Å². The van der Waals surface area contributed by atoms with Gasteiger partial charge in [0.25, 0.3) is 0 Å². The van der Waals surface area contributed by atoms with Crippen LogP contribution in [0.2, 0.25) is 0 Å². The number of nitrogens with two attached hydrogens (primary N) is 1. The summed E-state index contributed by atoms with van der Waals surface area (Å²) in [5, 5.41) is 0. The van der Waals surface area contributed by atoms with Gasteiger partial charge in [-0.15, -0.1) is 0 Å². The number of ketones is 1. The molecule has 0 aromatic rings. The van der Waals surface area contributed by atoms with Crippen LogP contribution in [0.4, 0.5) is 0 Å². The highest BCUT2D eigenvalue weighted by molar-refractivity contribution is 6.92. The zero-order chi connectivity index (χ0) is 12.7. The molecule has 0 aromatic heterocycles. The summed E-state index contributed by atoms with van der Waals surface area (Å²) < 4.78 is 0. The molecular formula is C13H32N3OP. The largest absolute Gasteiger partial charge is 0.322 e. The third kappa shape index (κ3) is 6.79. The Morgan fingerprint density at radius 1 is 1.28 bits per heavy atom. The van der Waals surface area contributed by atoms with Crippen molar-refractivity contribution in [2.75, 3.05) is 39.8 Å². The zero-order valence-electron chi connectivity index (χ0n) is 12.0. The van der Waals surface area contributed by atoms with Crippen molar-refractivity contribution in [3.05, 3.63) is 0 Å². The Hall–Kier alpha value is -0.0200. The van der Waals surface area contributed by atoms with Crippen molar-refractivity contribution in [3.8, 4) is 0 Å². The second-order valence-electron chi connectivity index (χ2n) is 5.07. The molecule has 110 valence electrons. The molecule has 1 aliphatic rings. The Morgan fingerprint density at radius 3 is 2.44 bits per heavy atom. The number of rotatable bonds is 7. The van der Waals surface area contributed by atoms with E-state index in [4.69, 9.17) is 5.73 Å². The first-order valence-corrected chi connectivity index (χ1v) is 6.82. The molecule has 2 atom stereocenters. The van der Waals surface area contributed by atoms with Gasteiger partial charge < -0.3 is 15.5 Å². The molecule has 1 aliphatic heterocycles. The number of unbranched alkanes of at least 4 members (excludes halogenated alkanes) is 1. The highest BCUT2D eigenvalue weighted by Gasteiger charge is 2.14. The van der Waals surface area contributed by atoms with Crippen molar-refractivity contribution in [1.29, 1.82) is 0 Å². The molecule has 0 bridgehead atoms. The minimum atomic E-state index is -0.229. The van der Waals surface area contributed by atoms with E-state index in [0.29, 0.717) is 6.42 Å². The van der Waals surface area contributed by atoms with E-state index >= 15 is 0 Å². The Bertz CT molecular complexity index is 236. The van der Waals surface area contributed by atoms with Crippen molar-refractivity contribution < 1.29 is 6.22 Å². The van der Waals surface area contributed by atoms with Crippen LogP contribution in [0.1, 0.15) is 34.0 Å². The van der Waals surface area contributed by atoms with E-state index in [1.165, 1.54) is 26.2 Å². The van der Waals surface area contributed by atoms with Crippen LogP contribution in [0.15, 0.2) is 0 Å². The van der Waals surface area contributed by atoms with Crippen LogP contribution in [0.5, 0.6) is 0 Å². The molecule has 0 aliphatic carbocycles. The van der Waals surface area contributed by atoms with Gasteiger partial charge >= 0.3 is 0 Å². The molecule has 0 amide bonds. The molecule has 5 heteroatoms. The predicted octanol–water partition coefficient (Wildman–Crippen LogP) is 1.01. The molecule has 0 radical (unpaired) electrons. The maximum absolute atomic E-state index is 11.3. The number of hydrogen-bond donors (Lipinski definition) is 1. The highest BCUT2D eigenvalue weighted by atomic mass is 31.0. The van der Waals surface area contributed by atoms with Gasteiger partial charge in [0.05, 0.1) is 6.04 Å². The van der Waals surface area contributed by atoms with E-state index in [1.54, 1.807) is 0 Å². The minimum Gasteiger partial charge on any atom is -0.322 e. The Morgan fingerprint density at radius 2 is 1.89 bits per heavy atom. The normalized spacial score (nSPS) is 19.3. The van der Waals surface area contributed by atoms with E-state index in [2.05, 4.69) is 16.8 Å². The van der Waals surface area contributed by atoms with Gasteiger partial charge in [-0.25, -0.2) is 0 Å². The van der Waals surface area contributed by atoms with E-state index in [1.807, 2.05) is 6.92 Å². The number of Topliss-reactive ketones (excluding diaryl/α,β-unsaturated/α-hetero) is 1. The molecule has 1 heterocycles. The fourth-order valence-electron chi connectivity index (χ4n) is 2.19. The highest BCUT2D eigenvalue weighted by Crippen LogP contribution is 2.05. The van der Waals surface area contributed by atoms with Crippen LogP contribution in [-0.4, -0.2) is 61.4 Å². The first-order valence-electron chi connectivity index (χ1n) is 6.82. The summed E-state index contributed by atoms with van der Waals surface area (Å²) in [5.74, 6) is 0.199. The Kier molecular flexibility index (Phi) is 9.84. The second-order valence-corrected chi connectivity index (χ2v) is 5.07. The first kappa shape index (κ1) is 18.0. The Balaban J connectivity index is 0. The summed E-state index contributed by atoms with van der Waals surface area (Å²) in [6, 6.07) is -0.229. The van der Waals surface area contributed by atoms with Gasteiger partial charge in [-0.05, 0) is 26.4 Å². The number of nitrogens with zero attached hydrogens (tertiary/aromatic N) is 2. The average Bonchev–Trinajstić information content (AvgIpc) is 2.35. The van der Waals surface area contributed by atoms with Crippen molar-refractivity contribution in [2.24, 2.45) is 5.73 Å². The summed E-state index contributed by atoms with van der Waals surface area (Å²) in [4.78, 5) is 16.2. The van der Waals surface area contributed by atoms with Crippen LogP contribution in [0.25, 0.3) is 0 Å². The van der Waals surface area contributed by atoms with E-state index in [-0.39, 0.29) is 23.2 Å². The SMILES string of the molecule is CCC(=O)[C@@H](N)CCCCN1CCN(C)CC1.P.[HH]. The van der Waals surface area contributed by atoms with Gasteiger partial charge in [0, 0.05) is 34.0 Å². The number of piperazine rings is 1. The van der Waals surface area contributed by atoms with Crippen LogP contribution in [-0.2, 0) is 4.79 Å². The fourth-order valence-corrected chi connectivity index (χ4v) is 2.19. The molecule has 0 saturated carbocycles. The maximum atomic E-state index is 11.3. The van der Waals surface area contributed by atoms with E-state index < -0.39 is 0 Å². The number of carbonyl (C=O) groups is 1. The maximum Gasteiger partial charge on any atom is 0.149 e. The average molecular weight is 277 g/mol. The molecule has 4 nitrogen and oxygen atoms in total. The van der Waals surface area contributed by atoms with Gasteiger partial charge in [-0.2, -0.15) is 9.90 Å². The topological polar surface area (TPSA) is 49.6 Å². The van der Waals surface area contributed by atoms with E-state index in [9.17, 15) is 4.79 Å². The summed E-state index contributed by atoms with van der Waals surface area (Å²) >= 11 is 0. The zero-order valence-corrected chi connectivity index (χ0v) is 13.4. The summed E-state index contributed by atoms with van der Waals surface area (Å²) in [6.07, 6.45) is 3.65. The van der Waals surface area contributed by atoms with Crippen LogP contribution in [0.3, 0.4) is 0 Å². The van der Waals surface area contributed by atoms with Crippen LogP contribution >= 0.6 is 9.90 Å². The van der Waals surface area contributed by atoms with Crippen molar-refractivity contribution >= 4 is 15.7 Å². The molecule has 0 spiro atoms. The summed E-state index contributed by atoms with van der Waals surface area (Å²) in [5.41, 5.74) is 5.80.